The first-order valence-electron chi connectivity index (χ1n) is 6.42. The maximum atomic E-state index is 11.9. The molecule has 20 heavy (non-hydrogen) atoms. The number of halogens is 1. The number of rotatable bonds is 4. The van der Waals surface area contributed by atoms with Crippen molar-refractivity contribution in [3.8, 4) is 0 Å². The smallest absolute Gasteiger partial charge is 0.306 e. The highest BCUT2D eigenvalue weighted by molar-refractivity contribution is 6.30. The molecule has 0 radical (unpaired) electrons. The number of hydrogen-bond donors (Lipinski definition) is 1. The van der Waals surface area contributed by atoms with Gasteiger partial charge >= 0.3 is 5.97 Å². The van der Waals surface area contributed by atoms with Crippen LogP contribution in [0, 0.1) is 11.8 Å². The fourth-order valence-corrected chi connectivity index (χ4v) is 2.29. The number of carboxylic acid groups (broad SMARTS) is 1. The van der Waals surface area contributed by atoms with E-state index in [4.69, 9.17) is 16.7 Å². The molecule has 2 rings (SSSR count). The van der Waals surface area contributed by atoms with Crippen LogP contribution in [0.4, 0.5) is 0 Å². The van der Waals surface area contributed by atoms with E-state index in [1.54, 1.807) is 30.0 Å². The van der Waals surface area contributed by atoms with Crippen molar-refractivity contribution >= 4 is 29.6 Å². The summed E-state index contributed by atoms with van der Waals surface area (Å²) in [6.45, 7) is 2.69. The molecule has 0 bridgehead atoms. The van der Waals surface area contributed by atoms with E-state index >= 15 is 0 Å². The Bertz CT molecular complexity index is 550. The van der Waals surface area contributed by atoms with Gasteiger partial charge in [0.1, 0.15) is 0 Å². The number of benzene rings is 1. The Labute approximate surface area is 122 Å². The summed E-state index contributed by atoms with van der Waals surface area (Å²) in [4.78, 5) is 24.3. The minimum absolute atomic E-state index is 0.0519. The SMILES string of the molecule is CC(C(=O)O)C1CN(C(=O)/C=C/c2cccc(Cl)c2)C1. The molecule has 0 saturated carbocycles. The second kappa shape index (κ2) is 6.09. The fraction of sp³-hybridized carbons (Fsp3) is 0.333. The van der Waals surface area contributed by atoms with Crippen molar-refractivity contribution in [3.05, 3.63) is 40.9 Å². The molecular formula is C15H16ClNO3. The van der Waals surface area contributed by atoms with E-state index in [0.29, 0.717) is 18.1 Å². The molecule has 1 aliphatic rings. The van der Waals surface area contributed by atoms with Crippen LogP contribution in [0.2, 0.25) is 5.02 Å². The zero-order valence-corrected chi connectivity index (χ0v) is 11.9. The molecule has 1 fully saturated rings. The van der Waals surface area contributed by atoms with Crippen molar-refractivity contribution in [3.63, 3.8) is 0 Å². The lowest BCUT2D eigenvalue weighted by Crippen LogP contribution is -2.53. The van der Waals surface area contributed by atoms with Gasteiger partial charge in [0.15, 0.2) is 0 Å². The summed E-state index contributed by atoms with van der Waals surface area (Å²) in [5.41, 5.74) is 0.863. The normalized spacial score (nSPS) is 17.0. The molecule has 0 aromatic heterocycles. The summed E-state index contributed by atoms with van der Waals surface area (Å²) in [7, 11) is 0. The predicted molar refractivity (Wildman–Crippen MR) is 77.4 cm³/mol. The number of aliphatic carboxylic acids is 1. The van der Waals surface area contributed by atoms with Gasteiger partial charge < -0.3 is 10.0 Å². The van der Waals surface area contributed by atoms with Crippen LogP contribution in [0.5, 0.6) is 0 Å². The minimum atomic E-state index is -0.809. The van der Waals surface area contributed by atoms with Gasteiger partial charge in [-0.15, -0.1) is 0 Å². The monoisotopic (exact) mass is 293 g/mol. The van der Waals surface area contributed by atoms with Gasteiger partial charge in [-0.25, -0.2) is 0 Å². The van der Waals surface area contributed by atoms with Gasteiger partial charge in [-0.1, -0.05) is 30.7 Å². The summed E-state index contributed by atoms with van der Waals surface area (Å²) in [5.74, 6) is -1.26. The maximum Gasteiger partial charge on any atom is 0.306 e. The quantitative estimate of drug-likeness (QED) is 0.868. The number of hydrogen-bond acceptors (Lipinski definition) is 2. The van der Waals surface area contributed by atoms with Gasteiger partial charge in [0.2, 0.25) is 5.91 Å². The first-order valence-corrected chi connectivity index (χ1v) is 6.80. The van der Waals surface area contributed by atoms with Crippen molar-refractivity contribution in [1.29, 1.82) is 0 Å². The molecule has 0 aliphatic carbocycles. The molecule has 5 heteroatoms. The zero-order chi connectivity index (χ0) is 14.7. The topological polar surface area (TPSA) is 57.6 Å². The summed E-state index contributed by atoms with van der Waals surface area (Å²) >= 11 is 5.86. The second-order valence-electron chi connectivity index (χ2n) is 5.02. The Kier molecular flexibility index (Phi) is 4.45. The van der Waals surface area contributed by atoms with Gasteiger partial charge in [-0.2, -0.15) is 0 Å². The first kappa shape index (κ1) is 14.6. The molecule has 1 unspecified atom stereocenters. The molecular weight excluding hydrogens is 278 g/mol. The van der Waals surface area contributed by atoms with Crippen LogP contribution >= 0.6 is 11.6 Å². The second-order valence-corrected chi connectivity index (χ2v) is 5.45. The lowest BCUT2D eigenvalue weighted by Gasteiger charge is -2.40. The highest BCUT2D eigenvalue weighted by Gasteiger charge is 2.36. The first-order chi connectivity index (χ1) is 9.47. The van der Waals surface area contributed by atoms with Crippen LogP contribution in [0.25, 0.3) is 6.08 Å². The van der Waals surface area contributed by atoms with Gasteiger partial charge in [0.25, 0.3) is 0 Å². The van der Waals surface area contributed by atoms with Crippen molar-refractivity contribution in [1.82, 2.24) is 4.90 Å². The molecule has 1 N–H and O–H groups in total. The molecule has 106 valence electrons. The molecule has 1 aliphatic heterocycles. The fourth-order valence-electron chi connectivity index (χ4n) is 2.09. The van der Waals surface area contributed by atoms with Crippen molar-refractivity contribution in [2.45, 2.75) is 6.92 Å². The van der Waals surface area contributed by atoms with Crippen molar-refractivity contribution < 1.29 is 14.7 Å². The number of carbonyl (C=O) groups is 2. The molecule has 1 saturated heterocycles. The predicted octanol–water partition coefficient (Wildman–Crippen LogP) is 2.53. The van der Waals surface area contributed by atoms with Crippen LogP contribution in [-0.2, 0) is 9.59 Å². The molecule has 0 spiro atoms. The Morgan fingerprint density at radius 2 is 2.15 bits per heavy atom. The summed E-state index contributed by atoms with van der Waals surface area (Å²) in [6.07, 6.45) is 3.20. The summed E-state index contributed by atoms with van der Waals surface area (Å²) < 4.78 is 0. The van der Waals surface area contributed by atoms with E-state index in [0.717, 1.165) is 5.56 Å². The standard InChI is InChI=1S/C15H16ClNO3/c1-10(15(19)20)12-8-17(9-12)14(18)6-5-11-3-2-4-13(16)7-11/h2-7,10,12H,8-9H2,1H3,(H,19,20)/b6-5+. The van der Waals surface area contributed by atoms with Crippen molar-refractivity contribution in [2.75, 3.05) is 13.1 Å². The zero-order valence-electron chi connectivity index (χ0n) is 11.1. The van der Waals surface area contributed by atoms with Crippen LogP contribution in [0.1, 0.15) is 12.5 Å². The number of carbonyl (C=O) groups excluding carboxylic acids is 1. The Morgan fingerprint density at radius 3 is 2.75 bits per heavy atom. The third-order valence-electron chi connectivity index (χ3n) is 3.59. The lowest BCUT2D eigenvalue weighted by molar-refractivity contribution is -0.148. The van der Waals surface area contributed by atoms with Gasteiger partial charge in [-0.05, 0) is 23.8 Å². The van der Waals surface area contributed by atoms with Crippen LogP contribution in [0.15, 0.2) is 30.3 Å². The lowest BCUT2D eigenvalue weighted by atomic mass is 9.87. The third kappa shape index (κ3) is 3.39. The Hall–Kier alpha value is -1.81. The number of likely N-dealkylation sites (tertiary alicyclic amines) is 1. The molecule has 1 aromatic rings. The van der Waals surface area contributed by atoms with E-state index in [1.165, 1.54) is 6.08 Å². The maximum absolute atomic E-state index is 11.9. The van der Waals surface area contributed by atoms with E-state index in [2.05, 4.69) is 0 Å². The van der Waals surface area contributed by atoms with Crippen LogP contribution < -0.4 is 0 Å². The van der Waals surface area contributed by atoms with Crippen LogP contribution in [0.3, 0.4) is 0 Å². The molecule has 1 aromatic carbocycles. The van der Waals surface area contributed by atoms with Crippen molar-refractivity contribution in [2.24, 2.45) is 11.8 Å². The summed E-state index contributed by atoms with van der Waals surface area (Å²) in [6, 6.07) is 7.23. The van der Waals surface area contributed by atoms with Gasteiger partial charge in [-0.3, -0.25) is 9.59 Å². The molecule has 1 heterocycles. The third-order valence-corrected chi connectivity index (χ3v) is 3.82. The molecule has 4 nitrogen and oxygen atoms in total. The summed E-state index contributed by atoms with van der Waals surface area (Å²) in [5, 5.41) is 9.51. The number of carboxylic acids is 1. The van der Waals surface area contributed by atoms with E-state index < -0.39 is 11.9 Å². The largest absolute Gasteiger partial charge is 0.481 e. The minimum Gasteiger partial charge on any atom is -0.481 e. The van der Waals surface area contributed by atoms with E-state index in [9.17, 15) is 9.59 Å². The highest BCUT2D eigenvalue weighted by Crippen LogP contribution is 2.24. The Morgan fingerprint density at radius 1 is 1.45 bits per heavy atom. The molecule has 1 atom stereocenters. The Balaban J connectivity index is 1.87. The molecule has 1 amide bonds. The highest BCUT2D eigenvalue weighted by atomic mass is 35.5. The number of nitrogens with zero attached hydrogens (tertiary/aromatic N) is 1. The van der Waals surface area contributed by atoms with Gasteiger partial charge in [0.05, 0.1) is 5.92 Å². The van der Waals surface area contributed by atoms with Gasteiger partial charge in [0, 0.05) is 30.1 Å². The van der Waals surface area contributed by atoms with Crippen LogP contribution in [-0.4, -0.2) is 35.0 Å². The van der Waals surface area contributed by atoms with E-state index in [1.807, 2.05) is 12.1 Å². The average molecular weight is 294 g/mol. The average Bonchev–Trinajstić information content (AvgIpc) is 2.34. The van der Waals surface area contributed by atoms with E-state index in [-0.39, 0.29) is 11.8 Å². The number of amides is 1.